The van der Waals surface area contributed by atoms with Gasteiger partial charge in [0.2, 0.25) is 0 Å². The zero-order chi connectivity index (χ0) is 11.7. The molecule has 6 heteroatoms. The van der Waals surface area contributed by atoms with Gasteiger partial charge in [-0.05, 0) is 12.1 Å². The van der Waals surface area contributed by atoms with Crippen molar-refractivity contribution in [2.24, 2.45) is 0 Å². The Kier molecular flexibility index (Phi) is 2.32. The van der Waals surface area contributed by atoms with Gasteiger partial charge in [-0.3, -0.25) is 14.0 Å². The Balaban J connectivity index is 2.64. The fourth-order valence-electron chi connectivity index (χ4n) is 1.39. The van der Waals surface area contributed by atoms with Crippen molar-refractivity contribution < 1.29 is 15.0 Å². The number of aromatic hydroxyl groups is 1. The molecule has 82 valence electrons. The van der Waals surface area contributed by atoms with Crippen molar-refractivity contribution in [1.82, 2.24) is 9.38 Å². The first kappa shape index (κ1) is 10.2. The van der Waals surface area contributed by atoms with Gasteiger partial charge in [0.15, 0.2) is 0 Å². The number of fused-ring (bicyclic) bond motifs is 1. The van der Waals surface area contributed by atoms with Gasteiger partial charge in [-0.15, -0.1) is 0 Å². The smallest absolute Gasteiger partial charge is 0.309 e. The summed E-state index contributed by atoms with van der Waals surface area (Å²) in [5.41, 5.74) is 0.0851. The third kappa shape index (κ3) is 1.85. The quantitative estimate of drug-likeness (QED) is 0.744. The Morgan fingerprint density at radius 1 is 1.44 bits per heavy atom. The summed E-state index contributed by atoms with van der Waals surface area (Å²) >= 11 is 0. The van der Waals surface area contributed by atoms with E-state index in [1.807, 2.05) is 0 Å². The van der Waals surface area contributed by atoms with Crippen LogP contribution in [0.15, 0.2) is 29.2 Å². The van der Waals surface area contributed by atoms with Crippen LogP contribution < -0.4 is 5.56 Å². The Morgan fingerprint density at radius 3 is 2.88 bits per heavy atom. The Labute approximate surface area is 89.4 Å². The second-order valence-electron chi connectivity index (χ2n) is 3.27. The van der Waals surface area contributed by atoms with Gasteiger partial charge in [-0.2, -0.15) is 0 Å². The molecule has 0 saturated carbocycles. The highest BCUT2D eigenvalue weighted by Crippen LogP contribution is 2.08. The second kappa shape index (κ2) is 3.65. The normalized spacial score (nSPS) is 10.5. The van der Waals surface area contributed by atoms with Crippen LogP contribution in [0.25, 0.3) is 5.65 Å². The Hall–Kier alpha value is -2.37. The predicted octanol–water partition coefficient (Wildman–Crippen LogP) is 0.0272. The van der Waals surface area contributed by atoms with Crippen LogP contribution in [0.5, 0.6) is 5.75 Å². The van der Waals surface area contributed by atoms with E-state index in [0.29, 0.717) is 5.65 Å². The minimum atomic E-state index is -1.05. The molecule has 0 saturated heterocycles. The molecule has 0 amide bonds. The Morgan fingerprint density at radius 2 is 2.19 bits per heavy atom. The van der Waals surface area contributed by atoms with Crippen LogP contribution in [0, 0.1) is 0 Å². The maximum atomic E-state index is 11.6. The van der Waals surface area contributed by atoms with Crippen molar-refractivity contribution >= 4 is 11.6 Å². The summed E-state index contributed by atoms with van der Waals surface area (Å²) in [7, 11) is 0. The van der Waals surface area contributed by atoms with E-state index in [9.17, 15) is 14.7 Å². The first-order valence-electron chi connectivity index (χ1n) is 4.49. The van der Waals surface area contributed by atoms with Crippen LogP contribution in [-0.2, 0) is 11.2 Å². The fourth-order valence-corrected chi connectivity index (χ4v) is 1.39. The van der Waals surface area contributed by atoms with Crippen molar-refractivity contribution in [3.8, 4) is 5.75 Å². The molecule has 2 aromatic rings. The van der Waals surface area contributed by atoms with Crippen molar-refractivity contribution in [2.75, 3.05) is 0 Å². The number of nitrogens with zero attached hydrogens (tertiary/aromatic N) is 2. The largest absolute Gasteiger partial charge is 0.506 e. The highest BCUT2D eigenvalue weighted by molar-refractivity contribution is 5.69. The zero-order valence-corrected chi connectivity index (χ0v) is 8.12. The van der Waals surface area contributed by atoms with Crippen LogP contribution in [0.1, 0.15) is 5.69 Å². The summed E-state index contributed by atoms with van der Waals surface area (Å²) in [5, 5.41) is 17.8. The lowest BCUT2D eigenvalue weighted by atomic mass is 10.3. The van der Waals surface area contributed by atoms with E-state index in [1.54, 1.807) is 0 Å². The van der Waals surface area contributed by atoms with Crippen LogP contribution in [-0.4, -0.2) is 25.6 Å². The molecule has 0 aliphatic carbocycles. The first-order valence-corrected chi connectivity index (χ1v) is 4.49. The molecule has 2 heterocycles. The number of aromatic nitrogens is 2. The van der Waals surface area contributed by atoms with Gasteiger partial charge >= 0.3 is 5.97 Å². The average Bonchev–Trinajstić information content (AvgIpc) is 2.18. The van der Waals surface area contributed by atoms with Gasteiger partial charge in [0.25, 0.3) is 5.56 Å². The maximum Gasteiger partial charge on any atom is 0.309 e. The van der Waals surface area contributed by atoms with Gasteiger partial charge < -0.3 is 10.2 Å². The molecule has 2 aromatic heterocycles. The van der Waals surface area contributed by atoms with E-state index in [2.05, 4.69) is 4.98 Å². The lowest BCUT2D eigenvalue weighted by Crippen LogP contribution is -2.16. The molecule has 0 aliphatic heterocycles. The van der Waals surface area contributed by atoms with Gasteiger partial charge in [0.05, 0.1) is 18.3 Å². The molecule has 2 N–H and O–H groups in total. The molecule has 0 unspecified atom stereocenters. The van der Waals surface area contributed by atoms with E-state index in [-0.39, 0.29) is 17.9 Å². The summed E-state index contributed by atoms with van der Waals surface area (Å²) in [6.45, 7) is 0. The van der Waals surface area contributed by atoms with Gasteiger partial charge in [-0.25, -0.2) is 4.98 Å². The first-order chi connectivity index (χ1) is 7.56. The number of rotatable bonds is 2. The predicted molar refractivity (Wildman–Crippen MR) is 54.5 cm³/mol. The second-order valence-corrected chi connectivity index (χ2v) is 3.27. The van der Waals surface area contributed by atoms with Gasteiger partial charge in [0.1, 0.15) is 11.4 Å². The number of carboxylic acids is 1. The van der Waals surface area contributed by atoms with E-state index < -0.39 is 11.5 Å². The number of hydrogen-bond donors (Lipinski definition) is 2. The monoisotopic (exact) mass is 220 g/mol. The third-order valence-electron chi connectivity index (χ3n) is 2.03. The summed E-state index contributed by atoms with van der Waals surface area (Å²) in [4.78, 5) is 26.0. The summed E-state index contributed by atoms with van der Waals surface area (Å²) < 4.78 is 1.15. The molecule has 6 nitrogen and oxygen atoms in total. The van der Waals surface area contributed by atoms with E-state index in [0.717, 1.165) is 10.5 Å². The lowest BCUT2D eigenvalue weighted by molar-refractivity contribution is -0.136. The van der Waals surface area contributed by atoms with E-state index in [4.69, 9.17) is 5.11 Å². The molecule has 0 aromatic carbocycles. The third-order valence-corrected chi connectivity index (χ3v) is 2.03. The number of carboxylic acid groups (broad SMARTS) is 1. The number of carbonyl (C=O) groups is 1. The van der Waals surface area contributed by atoms with Gasteiger partial charge in [-0.1, -0.05) is 0 Å². The molecule has 0 aliphatic rings. The summed E-state index contributed by atoms with van der Waals surface area (Å²) in [5.74, 6) is -1.10. The molecular formula is C10H8N2O4. The molecule has 0 bridgehead atoms. The topological polar surface area (TPSA) is 91.9 Å². The molecule has 2 rings (SSSR count). The fraction of sp³-hybridized carbons (Fsp3) is 0.100. The average molecular weight is 220 g/mol. The van der Waals surface area contributed by atoms with Crippen LogP contribution >= 0.6 is 0 Å². The molecule has 0 atom stereocenters. The lowest BCUT2D eigenvalue weighted by Gasteiger charge is -2.02. The maximum absolute atomic E-state index is 11.6. The number of aliphatic carboxylic acids is 1. The minimum absolute atomic E-state index is 0.0533. The van der Waals surface area contributed by atoms with Crippen molar-refractivity contribution in [1.29, 1.82) is 0 Å². The molecule has 0 radical (unpaired) electrons. The highest BCUT2D eigenvalue weighted by Gasteiger charge is 2.06. The van der Waals surface area contributed by atoms with Gasteiger partial charge in [0, 0.05) is 6.07 Å². The minimum Gasteiger partial charge on any atom is -0.506 e. The van der Waals surface area contributed by atoms with Crippen LogP contribution in [0.4, 0.5) is 0 Å². The standard InChI is InChI=1S/C10H8N2O4/c13-7-1-2-8-11-6(4-10(15)16)3-9(14)12(8)5-7/h1-3,5,13H,4H2,(H,15,16). The molecule has 0 fully saturated rings. The highest BCUT2D eigenvalue weighted by atomic mass is 16.4. The van der Waals surface area contributed by atoms with Crippen molar-refractivity contribution in [3.63, 3.8) is 0 Å². The van der Waals surface area contributed by atoms with Crippen LogP contribution in [0.2, 0.25) is 0 Å². The zero-order valence-electron chi connectivity index (χ0n) is 8.12. The molecular weight excluding hydrogens is 212 g/mol. The van der Waals surface area contributed by atoms with E-state index in [1.165, 1.54) is 18.3 Å². The van der Waals surface area contributed by atoms with Crippen LogP contribution in [0.3, 0.4) is 0 Å². The number of hydrogen-bond acceptors (Lipinski definition) is 4. The molecule has 16 heavy (non-hydrogen) atoms. The van der Waals surface area contributed by atoms with Crippen molar-refractivity contribution in [3.05, 3.63) is 40.4 Å². The number of pyridine rings is 1. The van der Waals surface area contributed by atoms with Crippen molar-refractivity contribution in [2.45, 2.75) is 6.42 Å². The van der Waals surface area contributed by atoms with E-state index >= 15 is 0 Å². The Bertz CT molecular complexity index is 618. The molecule has 0 spiro atoms. The SMILES string of the molecule is O=C(O)Cc1cc(=O)n2cc(O)ccc2n1. The summed E-state index contributed by atoms with van der Waals surface area (Å²) in [6.07, 6.45) is 0.932. The summed E-state index contributed by atoms with van der Waals surface area (Å²) in [6, 6.07) is 3.97.